The number of aromatic nitrogens is 4. The Kier molecular flexibility index (Phi) is 6.35. The summed E-state index contributed by atoms with van der Waals surface area (Å²) in [6.45, 7) is 9.18. The SMILES string of the molecule is C=CCn1c(=O)c2cnc(Nc3ccc(N4CCN(C)CC4)c(F)c3)nc2n1C1CC=C2CCC(C)(O)C2=N1. The minimum Gasteiger partial charge on any atom is -0.384 e. The molecule has 0 radical (unpaired) electrons. The quantitative estimate of drug-likeness (QED) is 0.470. The number of rotatable bonds is 6. The maximum absolute atomic E-state index is 15.1. The minimum absolute atomic E-state index is 0.242. The van der Waals surface area contributed by atoms with Gasteiger partial charge >= 0.3 is 0 Å². The van der Waals surface area contributed by atoms with Gasteiger partial charge in [-0.15, -0.1) is 6.58 Å². The van der Waals surface area contributed by atoms with Crippen LogP contribution in [-0.4, -0.2) is 73.9 Å². The predicted molar refractivity (Wildman–Crippen MR) is 150 cm³/mol. The molecule has 11 heteroatoms. The molecule has 39 heavy (non-hydrogen) atoms. The predicted octanol–water partition coefficient (Wildman–Crippen LogP) is 3.23. The highest BCUT2D eigenvalue weighted by molar-refractivity contribution is 6.08. The Labute approximate surface area is 225 Å². The number of nitrogens with one attached hydrogen (secondary N) is 1. The van der Waals surface area contributed by atoms with E-state index in [1.165, 1.54) is 12.3 Å². The number of anilines is 3. The van der Waals surface area contributed by atoms with E-state index in [1.807, 2.05) is 6.07 Å². The molecule has 2 atom stereocenters. The second-order valence-corrected chi connectivity index (χ2v) is 10.7. The largest absolute Gasteiger partial charge is 0.384 e. The molecule has 0 spiro atoms. The van der Waals surface area contributed by atoms with Crippen molar-refractivity contribution in [3.05, 3.63) is 64.9 Å². The van der Waals surface area contributed by atoms with Gasteiger partial charge in [0.2, 0.25) is 5.95 Å². The number of benzene rings is 1. The Bertz CT molecular complexity index is 1560. The maximum Gasteiger partial charge on any atom is 0.278 e. The fraction of sp³-hybridized carbons (Fsp3) is 0.429. The van der Waals surface area contributed by atoms with Crippen molar-refractivity contribution in [2.75, 3.05) is 43.4 Å². The molecule has 0 amide bonds. The molecule has 1 aromatic carbocycles. The third-order valence-electron chi connectivity index (χ3n) is 7.89. The number of halogens is 1. The van der Waals surface area contributed by atoms with Gasteiger partial charge in [0.1, 0.15) is 23.0 Å². The molecule has 1 saturated carbocycles. The first kappa shape index (κ1) is 25.4. The van der Waals surface area contributed by atoms with Crippen molar-refractivity contribution in [2.45, 2.75) is 44.5 Å². The Balaban J connectivity index is 1.34. The fourth-order valence-corrected chi connectivity index (χ4v) is 5.71. The van der Waals surface area contributed by atoms with E-state index in [2.05, 4.69) is 44.8 Å². The van der Waals surface area contributed by atoms with E-state index in [1.54, 1.807) is 28.4 Å². The van der Waals surface area contributed by atoms with Crippen molar-refractivity contribution in [1.82, 2.24) is 24.2 Å². The van der Waals surface area contributed by atoms with Crippen LogP contribution in [0.5, 0.6) is 0 Å². The van der Waals surface area contributed by atoms with Crippen molar-refractivity contribution in [3.63, 3.8) is 0 Å². The number of nitrogens with zero attached hydrogens (tertiary/aromatic N) is 7. The summed E-state index contributed by atoms with van der Waals surface area (Å²) in [5.74, 6) is -0.0739. The summed E-state index contributed by atoms with van der Waals surface area (Å²) in [4.78, 5) is 31.5. The molecular formula is C28H33FN8O2. The monoisotopic (exact) mass is 532 g/mol. The topological polar surface area (TPSA) is 104 Å². The lowest BCUT2D eigenvalue weighted by atomic mass is 10.00. The molecule has 6 rings (SSSR count). The van der Waals surface area contributed by atoms with Crippen molar-refractivity contribution >= 4 is 34.1 Å². The number of dihydropyridines is 1. The fourth-order valence-electron chi connectivity index (χ4n) is 5.71. The van der Waals surface area contributed by atoms with Gasteiger partial charge in [-0.25, -0.2) is 18.7 Å². The van der Waals surface area contributed by atoms with E-state index < -0.39 is 11.8 Å². The molecule has 2 N–H and O–H groups in total. The van der Waals surface area contributed by atoms with E-state index in [0.717, 1.165) is 38.2 Å². The van der Waals surface area contributed by atoms with Crippen molar-refractivity contribution in [3.8, 4) is 0 Å². The zero-order valence-electron chi connectivity index (χ0n) is 22.3. The van der Waals surface area contributed by atoms with Gasteiger partial charge in [-0.05, 0) is 50.6 Å². The smallest absolute Gasteiger partial charge is 0.278 e. The van der Waals surface area contributed by atoms with Crippen LogP contribution in [0.25, 0.3) is 11.0 Å². The van der Waals surface area contributed by atoms with E-state index in [-0.39, 0.29) is 23.9 Å². The molecule has 2 aliphatic heterocycles. The van der Waals surface area contributed by atoms with Crippen LogP contribution < -0.4 is 15.8 Å². The second-order valence-electron chi connectivity index (χ2n) is 10.7. The number of fused-ring (bicyclic) bond motifs is 2. The summed E-state index contributed by atoms with van der Waals surface area (Å²) in [5, 5.41) is 14.3. The third-order valence-corrected chi connectivity index (χ3v) is 7.89. The number of allylic oxidation sites excluding steroid dienone is 1. The van der Waals surface area contributed by atoms with Gasteiger partial charge in [0.25, 0.3) is 5.56 Å². The van der Waals surface area contributed by atoms with Crippen molar-refractivity contribution < 1.29 is 9.50 Å². The van der Waals surface area contributed by atoms with Crippen LogP contribution in [0.15, 0.2) is 58.5 Å². The molecule has 2 unspecified atom stereocenters. The number of hydrogen-bond acceptors (Lipinski definition) is 8. The van der Waals surface area contributed by atoms with Crippen LogP contribution in [0, 0.1) is 5.82 Å². The van der Waals surface area contributed by atoms with Gasteiger partial charge in [0, 0.05) is 44.5 Å². The molecule has 10 nitrogen and oxygen atoms in total. The Morgan fingerprint density at radius 2 is 2.08 bits per heavy atom. The molecule has 1 aliphatic carbocycles. The molecule has 204 valence electrons. The molecule has 2 aromatic heterocycles. The maximum atomic E-state index is 15.1. The standard InChI is InChI=1S/C28H33FN8O2/c1-4-11-36-26(38)20-17-30-27(31-19-6-7-22(21(29)16-19)35-14-12-34(3)13-15-35)33-25(20)37(36)23-8-5-18-9-10-28(2,39)24(18)32-23/h4-7,16-17,23,39H,1,8-15H2,2-3H3,(H,30,31,33). The lowest BCUT2D eigenvalue weighted by Crippen LogP contribution is -2.44. The summed E-state index contributed by atoms with van der Waals surface area (Å²) >= 11 is 0. The highest BCUT2D eigenvalue weighted by atomic mass is 19.1. The summed E-state index contributed by atoms with van der Waals surface area (Å²) in [7, 11) is 2.07. The van der Waals surface area contributed by atoms with E-state index in [4.69, 9.17) is 4.99 Å². The van der Waals surface area contributed by atoms with Crippen LogP contribution in [0.4, 0.5) is 21.7 Å². The first-order valence-corrected chi connectivity index (χ1v) is 13.3. The Morgan fingerprint density at radius 3 is 2.82 bits per heavy atom. The van der Waals surface area contributed by atoms with Gasteiger partial charge < -0.3 is 20.2 Å². The number of likely N-dealkylation sites (N-methyl/N-ethyl adjacent to an activating group) is 1. The zero-order valence-corrected chi connectivity index (χ0v) is 22.3. The Hall–Kier alpha value is -3.83. The van der Waals surface area contributed by atoms with Crippen LogP contribution in [0.3, 0.4) is 0 Å². The Morgan fingerprint density at radius 1 is 1.28 bits per heavy atom. The highest BCUT2D eigenvalue weighted by Crippen LogP contribution is 2.37. The van der Waals surface area contributed by atoms with Gasteiger partial charge in [-0.2, -0.15) is 4.98 Å². The number of aliphatic hydroxyl groups is 1. The molecule has 3 aromatic rings. The molecule has 3 aliphatic rings. The van der Waals surface area contributed by atoms with Gasteiger partial charge in [0.15, 0.2) is 5.65 Å². The van der Waals surface area contributed by atoms with Gasteiger partial charge in [0.05, 0.1) is 17.9 Å². The van der Waals surface area contributed by atoms with Crippen LogP contribution in [0.1, 0.15) is 32.4 Å². The van der Waals surface area contributed by atoms with E-state index in [9.17, 15) is 9.90 Å². The molecule has 1 saturated heterocycles. The average Bonchev–Trinajstić information content (AvgIpc) is 3.37. The van der Waals surface area contributed by atoms with Gasteiger partial charge in [-0.3, -0.25) is 9.79 Å². The lowest BCUT2D eigenvalue weighted by molar-refractivity contribution is 0.133. The molecule has 4 heterocycles. The third kappa shape index (κ3) is 4.55. The summed E-state index contributed by atoms with van der Waals surface area (Å²) in [6.07, 6.45) is 6.75. The number of aliphatic imine (C=N–C) groups is 1. The van der Waals surface area contributed by atoms with E-state index in [0.29, 0.717) is 41.0 Å². The molecule has 0 bridgehead atoms. The van der Waals surface area contributed by atoms with Crippen molar-refractivity contribution in [1.29, 1.82) is 0 Å². The first-order chi connectivity index (χ1) is 18.7. The number of piperazine rings is 1. The average molecular weight is 533 g/mol. The second kappa shape index (κ2) is 9.73. The molecular weight excluding hydrogens is 499 g/mol. The molecule has 2 fully saturated rings. The minimum atomic E-state index is -1.00. The summed E-state index contributed by atoms with van der Waals surface area (Å²) < 4.78 is 18.4. The lowest BCUT2D eigenvalue weighted by Gasteiger charge is -2.34. The van der Waals surface area contributed by atoms with Crippen LogP contribution in [0.2, 0.25) is 0 Å². The normalized spacial score (nSPS) is 23.5. The number of hydrogen-bond donors (Lipinski definition) is 2. The summed E-state index contributed by atoms with van der Waals surface area (Å²) in [6, 6.07) is 5.02. The van der Waals surface area contributed by atoms with Crippen molar-refractivity contribution in [2.24, 2.45) is 4.99 Å². The zero-order chi connectivity index (χ0) is 27.3. The first-order valence-electron chi connectivity index (χ1n) is 13.3. The van der Waals surface area contributed by atoms with Crippen LogP contribution in [-0.2, 0) is 6.54 Å². The van der Waals surface area contributed by atoms with E-state index >= 15 is 4.39 Å². The van der Waals surface area contributed by atoms with Gasteiger partial charge in [-0.1, -0.05) is 12.2 Å². The summed E-state index contributed by atoms with van der Waals surface area (Å²) in [5.41, 5.74) is 1.98. The highest BCUT2D eigenvalue weighted by Gasteiger charge is 2.39. The van der Waals surface area contributed by atoms with Crippen LogP contribution >= 0.6 is 0 Å².